The van der Waals surface area contributed by atoms with E-state index < -0.39 is 0 Å². The van der Waals surface area contributed by atoms with Crippen molar-refractivity contribution < 1.29 is 0 Å². The quantitative estimate of drug-likeness (QED) is 0.373. The molecule has 0 aliphatic carbocycles. The van der Waals surface area contributed by atoms with Crippen LogP contribution in [0.15, 0.2) is 66.7 Å². The van der Waals surface area contributed by atoms with Crippen LogP contribution in [0.2, 0.25) is 0 Å². The van der Waals surface area contributed by atoms with Crippen LogP contribution in [0.4, 0.5) is 0 Å². The van der Waals surface area contributed by atoms with E-state index in [-0.39, 0.29) is 14.9 Å². The summed E-state index contributed by atoms with van der Waals surface area (Å²) in [5, 5.41) is 0. The summed E-state index contributed by atoms with van der Waals surface area (Å²) in [6, 6.07) is 24.1. The second-order valence-electron chi connectivity index (χ2n) is 9.63. The predicted octanol–water partition coefficient (Wildman–Crippen LogP) is 10.9. The molecule has 0 amide bonds. The molecule has 0 aromatic heterocycles. The van der Waals surface area contributed by atoms with Gasteiger partial charge in [0.15, 0.2) is 0 Å². The van der Waals surface area contributed by atoms with Crippen molar-refractivity contribution >= 4 is 0 Å². The minimum Gasteiger partial charge on any atom is -0.0776 e. The highest BCUT2D eigenvalue weighted by atomic mass is 14.0. The van der Waals surface area contributed by atoms with Crippen LogP contribution < -0.4 is 0 Å². The van der Waals surface area contributed by atoms with Crippen LogP contribution in [0, 0.1) is 27.7 Å². The van der Waals surface area contributed by atoms with Crippen molar-refractivity contribution in [1.29, 1.82) is 0 Å². The van der Waals surface area contributed by atoms with Crippen LogP contribution in [0.5, 0.6) is 0 Å². The van der Waals surface area contributed by atoms with E-state index in [4.69, 9.17) is 0 Å². The van der Waals surface area contributed by atoms with Gasteiger partial charge in [0.2, 0.25) is 0 Å². The van der Waals surface area contributed by atoms with Crippen LogP contribution in [0.1, 0.15) is 113 Å². The van der Waals surface area contributed by atoms with Crippen molar-refractivity contribution in [2.45, 2.75) is 102 Å². The lowest BCUT2D eigenvalue weighted by Crippen LogP contribution is -1.89. The highest BCUT2D eigenvalue weighted by Gasteiger charge is 1.99. The van der Waals surface area contributed by atoms with Crippen LogP contribution in [0.3, 0.4) is 0 Å². The number of hydrogen-bond acceptors (Lipinski definition) is 0. The molecule has 0 spiro atoms. The summed E-state index contributed by atoms with van der Waals surface area (Å²) in [6.45, 7) is 21.9. The fourth-order valence-electron chi connectivity index (χ4n) is 3.10. The third-order valence-electron chi connectivity index (χ3n) is 5.65. The van der Waals surface area contributed by atoms with E-state index >= 15 is 0 Å². The molecule has 0 heterocycles. The maximum atomic E-state index is 2.28. The molecule has 3 aromatic carbocycles. The molecule has 0 nitrogen and oxygen atoms in total. The average Bonchev–Trinajstić information content (AvgIpc) is 2.71. The first kappa shape index (κ1) is 32.8. The number of aryl methyl sites for hydroxylation is 4. The standard InChI is InChI=1S/C11H16.2C10H14.2CH4/c1-8(2)11-6-5-9(3)10(4)7-11;1-8(2)10-6-4-9(3)5-7-10;1-8(2)10-6-4-5-9(3)7-10;;/h5-8H,1-4H3;2*4-8H,1-3H3;2*1H4. The van der Waals surface area contributed by atoms with E-state index in [1.54, 1.807) is 0 Å². The van der Waals surface area contributed by atoms with Gasteiger partial charge in [-0.2, -0.15) is 0 Å². The zero-order valence-electron chi connectivity index (χ0n) is 21.6. The van der Waals surface area contributed by atoms with Crippen molar-refractivity contribution in [2.75, 3.05) is 0 Å². The maximum absolute atomic E-state index is 2.28. The third kappa shape index (κ3) is 12.5. The van der Waals surface area contributed by atoms with Gasteiger partial charge < -0.3 is 0 Å². The van der Waals surface area contributed by atoms with Gasteiger partial charge in [0.05, 0.1) is 0 Å². The Morgan fingerprint density at radius 3 is 1.27 bits per heavy atom. The largest absolute Gasteiger partial charge is 0.0776 e. The first-order chi connectivity index (χ1) is 14.5. The smallest absolute Gasteiger partial charge is 0.0219 e. The fraction of sp³-hybridized carbons (Fsp3) is 0.455. The molecule has 0 aliphatic heterocycles. The van der Waals surface area contributed by atoms with Gasteiger partial charge in [-0.15, -0.1) is 0 Å². The second-order valence-corrected chi connectivity index (χ2v) is 9.63. The minimum absolute atomic E-state index is 0. The summed E-state index contributed by atoms with van der Waals surface area (Å²) < 4.78 is 0. The number of hydrogen-bond donors (Lipinski definition) is 0. The summed E-state index contributed by atoms with van der Waals surface area (Å²) in [4.78, 5) is 0. The second kappa shape index (κ2) is 16.3. The molecule has 0 unspecified atom stereocenters. The SMILES string of the molecule is C.C.Cc1ccc(C(C)C)cc1.Cc1ccc(C(C)C)cc1C.Cc1cccc(C(C)C)c1. The Kier molecular flexibility index (Phi) is 16.2. The van der Waals surface area contributed by atoms with Gasteiger partial charge in [-0.3, -0.25) is 0 Å². The van der Waals surface area contributed by atoms with Gasteiger partial charge >= 0.3 is 0 Å². The predicted molar refractivity (Wildman–Crippen MR) is 154 cm³/mol. The van der Waals surface area contributed by atoms with Gasteiger partial charge in [0.25, 0.3) is 0 Å². The van der Waals surface area contributed by atoms with Crippen molar-refractivity contribution in [2.24, 2.45) is 0 Å². The zero-order chi connectivity index (χ0) is 23.6. The van der Waals surface area contributed by atoms with Crippen molar-refractivity contribution in [3.63, 3.8) is 0 Å². The summed E-state index contributed by atoms with van der Waals surface area (Å²) in [7, 11) is 0. The molecule has 0 N–H and O–H groups in total. The Morgan fingerprint density at radius 2 is 0.879 bits per heavy atom. The monoisotopic (exact) mass is 448 g/mol. The lowest BCUT2D eigenvalue weighted by Gasteiger charge is -2.07. The highest BCUT2D eigenvalue weighted by Crippen LogP contribution is 2.17. The first-order valence-electron chi connectivity index (χ1n) is 11.7. The van der Waals surface area contributed by atoms with E-state index in [2.05, 4.69) is 136 Å². The molecule has 0 saturated carbocycles. The van der Waals surface area contributed by atoms with Gasteiger partial charge in [0.1, 0.15) is 0 Å². The van der Waals surface area contributed by atoms with E-state index in [0.29, 0.717) is 17.8 Å². The van der Waals surface area contributed by atoms with Gasteiger partial charge in [0, 0.05) is 0 Å². The third-order valence-corrected chi connectivity index (χ3v) is 5.65. The van der Waals surface area contributed by atoms with Crippen LogP contribution in [-0.4, -0.2) is 0 Å². The Balaban J connectivity index is 0. The Labute approximate surface area is 207 Å². The van der Waals surface area contributed by atoms with E-state index in [1.807, 2.05) is 0 Å². The van der Waals surface area contributed by atoms with E-state index in [0.717, 1.165) is 0 Å². The summed E-state index contributed by atoms with van der Waals surface area (Å²) in [6.07, 6.45) is 0. The van der Waals surface area contributed by atoms with E-state index in [9.17, 15) is 0 Å². The molecule has 0 saturated heterocycles. The number of rotatable bonds is 3. The summed E-state index contributed by atoms with van der Waals surface area (Å²) >= 11 is 0. The molecule has 0 aliphatic rings. The van der Waals surface area contributed by atoms with Crippen molar-refractivity contribution in [3.05, 3.63) is 106 Å². The molecule has 0 radical (unpaired) electrons. The molecular weight excluding hydrogens is 396 g/mol. The summed E-state index contributed by atoms with van der Waals surface area (Å²) in [5.74, 6) is 1.95. The zero-order valence-corrected chi connectivity index (χ0v) is 21.6. The van der Waals surface area contributed by atoms with Gasteiger partial charge in [-0.1, -0.05) is 134 Å². The molecule has 0 fully saturated rings. The molecule has 184 valence electrons. The topological polar surface area (TPSA) is 0 Å². The fourth-order valence-corrected chi connectivity index (χ4v) is 3.10. The molecule has 3 aromatic rings. The average molecular weight is 449 g/mol. The highest BCUT2D eigenvalue weighted by molar-refractivity contribution is 5.31. The Morgan fingerprint density at radius 1 is 0.424 bits per heavy atom. The summed E-state index contributed by atoms with van der Waals surface area (Å²) in [5.41, 5.74) is 9.76. The Bertz CT molecular complexity index is 896. The molecule has 0 bridgehead atoms. The molecular formula is C33H52. The van der Waals surface area contributed by atoms with Gasteiger partial charge in [-0.05, 0) is 73.3 Å². The molecule has 0 atom stereocenters. The normalized spacial score (nSPS) is 9.85. The van der Waals surface area contributed by atoms with Crippen molar-refractivity contribution in [3.8, 4) is 0 Å². The first-order valence-corrected chi connectivity index (χ1v) is 11.7. The molecule has 33 heavy (non-hydrogen) atoms. The van der Waals surface area contributed by atoms with Crippen LogP contribution in [-0.2, 0) is 0 Å². The van der Waals surface area contributed by atoms with E-state index in [1.165, 1.54) is 38.9 Å². The lowest BCUT2D eigenvalue weighted by molar-refractivity contribution is 0.864. The maximum Gasteiger partial charge on any atom is -0.0219 e. The van der Waals surface area contributed by atoms with Crippen LogP contribution in [0.25, 0.3) is 0 Å². The van der Waals surface area contributed by atoms with Crippen LogP contribution >= 0.6 is 0 Å². The number of benzene rings is 3. The Hall–Kier alpha value is -2.34. The van der Waals surface area contributed by atoms with Crippen molar-refractivity contribution in [1.82, 2.24) is 0 Å². The molecule has 0 heteroatoms. The van der Waals surface area contributed by atoms with Gasteiger partial charge in [-0.25, -0.2) is 0 Å². The lowest BCUT2D eigenvalue weighted by atomic mass is 9.99. The minimum atomic E-state index is 0. The molecule has 3 rings (SSSR count).